The third-order valence-electron chi connectivity index (χ3n) is 3.29. The molecular weight excluding hydrogens is 394 g/mol. The molecule has 1 heterocycles. The van der Waals surface area contributed by atoms with Crippen molar-refractivity contribution in [2.75, 3.05) is 23.5 Å². The number of halogens is 2. The third-order valence-corrected chi connectivity index (χ3v) is 5.26. The fourth-order valence-corrected chi connectivity index (χ4v) is 3.65. The number of nitrogens with one attached hydrogen (secondary N) is 2. The number of hydrogen-bond donors (Lipinski definition) is 2. The SMILES string of the molecule is COc1ccccc1Nc1nnc(SCC(=O)Nc2ccc(F)cc2F)s1. The number of aromatic nitrogens is 2. The Morgan fingerprint density at radius 3 is 2.78 bits per heavy atom. The molecule has 27 heavy (non-hydrogen) atoms. The summed E-state index contributed by atoms with van der Waals surface area (Å²) >= 11 is 2.43. The highest BCUT2D eigenvalue weighted by Gasteiger charge is 2.12. The van der Waals surface area contributed by atoms with Gasteiger partial charge in [-0.25, -0.2) is 8.78 Å². The van der Waals surface area contributed by atoms with Gasteiger partial charge in [0.15, 0.2) is 4.34 Å². The van der Waals surface area contributed by atoms with E-state index < -0.39 is 17.5 Å². The quantitative estimate of drug-likeness (QED) is 0.568. The standard InChI is InChI=1S/C17H14F2N4O2S2/c1-25-14-5-3-2-4-13(14)21-16-22-23-17(27-16)26-9-15(24)20-12-7-6-10(18)8-11(12)19/h2-8H,9H2,1H3,(H,20,24)(H,21,22). The second-order valence-electron chi connectivity index (χ2n) is 5.16. The maximum absolute atomic E-state index is 13.5. The van der Waals surface area contributed by atoms with Crippen LogP contribution in [-0.4, -0.2) is 29.0 Å². The topological polar surface area (TPSA) is 76.1 Å². The van der Waals surface area contributed by atoms with Gasteiger partial charge in [0.25, 0.3) is 0 Å². The Morgan fingerprint density at radius 2 is 2.00 bits per heavy atom. The number of carbonyl (C=O) groups excluding carboxylic acids is 1. The van der Waals surface area contributed by atoms with E-state index in [1.165, 1.54) is 17.4 Å². The van der Waals surface area contributed by atoms with E-state index >= 15 is 0 Å². The molecule has 10 heteroatoms. The summed E-state index contributed by atoms with van der Waals surface area (Å²) in [6.45, 7) is 0. The highest BCUT2D eigenvalue weighted by Crippen LogP contribution is 2.31. The number of methoxy groups -OCH3 is 1. The minimum absolute atomic E-state index is 0.0140. The molecule has 6 nitrogen and oxygen atoms in total. The minimum atomic E-state index is -0.826. The lowest BCUT2D eigenvalue weighted by Crippen LogP contribution is -2.15. The predicted octanol–water partition coefficient (Wildman–Crippen LogP) is 4.30. The van der Waals surface area contributed by atoms with Crippen LogP contribution in [0.25, 0.3) is 0 Å². The molecule has 0 saturated carbocycles. The number of amides is 1. The zero-order valence-electron chi connectivity index (χ0n) is 14.0. The molecule has 0 atom stereocenters. The highest BCUT2D eigenvalue weighted by molar-refractivity contribution is 8.01. The molecule has 0 aliphatic rings. The van der Waals surface area contributed by atoms with Crippen molar-refractivity contribution in [3.05, 3.63) is 54.1 Å². The van der Waals surface area contributed by atoms with Crippen molar-refractivity contribution in [1.82, 2.24) is 10.2 Å². The number of hydrogen-bond acceptors (Lipinski definition) is 7. The maximum Gasteiger partial charge on any atom is 0.234 e. The molecule has 0 fully saturated rings. The van der Waals surface area contributed by atoms with Gasteiger partial charge in [0, 0.05) is 6.07 Å². The van der Waals surface area contributed by atoms with Gasteiger partial charge in [-0.2, -0.15) is 0 Å². The summed E-state index contributed by atoms with van der Waals surface area (Å²) in [5.41, 5.74) is 0.676. The van der Waals surface area contributed by atoms with Crippen LogP contribution in [0.15, 0.2) is 46.8 Å². The molecule has 0 aliphatic heterocycles. The zero-order valence-corrected chi connectivity index (χ0v) is 15.7. The summed E-state index contributed by atoms with van der Waals surface area (Å²) in [5.74, 6) is -1.28. The van der Waals surface area contributed by atoms with Crippen molar-refractivity contribution in [3.8, 4) is 5.75 Å². The van der Waals surface area contributed by atoms with Crippen LogP contribution in [-0.2, 0) is 4.79 Å². The Bertz CT molecular complexity index is 952. The van der Waals surface area contributed by atoms with E-state index in [9.17, 15) is 13.6 Å². The van der Waals surface area contributed by atoms with Crippen molar-refractivity contribution >= 4 is 45.5 Å². The molecule has 1 aromatic heterocycles. The molecule has 1 amide bonds. The van der Waals surface area contributed by atoms with Crippen LogP contribution in [0.3, 0.4) is 0 Å². The average Bonchev–Trinajstić information content (AvgIpc) is 3.10. The van der Waals surface area contributed by atoms with Gasteiger partial charge in [0.05, 0.1) is 24.2 Å². The van der Waals surface area contributed by atoms with E-state index in [1.54, 1.807) is 7.11 Å². The van der Waals surface area contributed by atoms with Gasteiger partial charge in [-0.05, 0) is 24.3 Å². The monoisotopic (exact) mass is 408 g/mol. The Morgan fingerprint density at radius 1 is 1.19 bits per heavy atom. The first-order chi connectivity index (χ1) is 13.0. The van der Waals surface area contributed by atoms with Crippen LogP contribution in [0.1, 0.15) is 0 Å². The van der Waals surface area contributed by atoms with E-state index in [4.69, 9.17) is 4.74 Å². The normalized spacial score (nSPS) is 10.5. The lowest BCUT2D eigenvalue weighted by molar-refractivity contribution is -0.113. The van der Waals surface area contributed by atoms with Crippen LogP contribution in [0.4, 0.5) is 25.3 Å². The van der Waals surface area contributed by atoms with Gasteiger partial charge in [0.1, 0.15) is 17.4 Å². The second-order valence-corrected chi connectivity index (χ2v) is 7.36. The Kier molecular flexibility index (Phi) is 6.20. The Labute approximate surface area is 162 Å². The molecule has 3 rings (SSSR count). The van der Waals surface area contributed by atoms with Gasteiger partial charge >= 0.3 is 0 Å². The first-order valence-electron chi connectivity index (χ1n) is 7.66. The van der Waals surface area contributed by atoms with Gasteiger partial charge in [0.2, 0.25) is 11.0 Å². The molecule has 0 spiro atoms. The smallest absolute Gasteiger partial charge is 0.234 e. The number of benzene rings is 2. The second kappa shape index (κ2) is 8.78. The number of thioether (sulfide) groups is 1. The van der Waals surface area contributed by atoms with Crippen LogP contribution in [0, 0.1) is 11.6 Å². The Hall–Kier alpha value is -2.72. The largest absolute Gasteiger partial charge is 0.495 e. The van der Waals surface area contributed by atoms with E-state index in [0.717, 1.165) is 23.5 Å². The fraction of sp³-hybridized carbons (Fsp3) is 0.118. The number of carbonyl (C=O) groups is 1. The predicted molar refractivity (Wildman–Crippen MR) is 102 cm³/mol. The molecule has 0 radical (unpaired) electrons. The molecule has 0 bridgehead atoms. The lowest BCUT2D eigenvalue weighted by Gasteiger charge is -2.07. The van der Waals surface area contributed by atoms with Crippen molar-refractivity contribution < 1.29 is 18.3 Å². The minimum Gasteiger partial charge on any atom is -0.495 e. The number of ether oxygens (including phenoxy) is 1. The number of rotatable bonds is 7. The average molecular weight is 408 g/mol. The molecule has 0 aliphatic carbocycles. The van der Waals surface area contributed by atoms with Crippen molar-refractivity contribution in [2.24, 2.45) is 0 Å². The first-order valence-corrected chi connectivity index (χ1v) is 9.46. The third kappa shape index (κ3) is 5.14. The van der Waals surface area contributed by atoms with E-state index in [-0.39, 0.29) is 11.4 Å². The summed E-state index contributed by atoms with van der Waals surface area (Å²) in [5, 5.41) is 14.1. The maximum atomic E-state index is 13.5. The van der Waals surface area contributed by atoms with Crippen molar-refractivity contribution in [1.29, 1.82) is 0 Å². The number of anilines is 3. The molecule has 2 aromatic carbocycles. The van der Waals surface area contributed by atoms with Gasteiger partial charge in [-0.1, -0.05) is 35.2 Å². The molecule has 140 valence electrons. The number of nitrogens with zero attached hydrogens (tertiary/aromatic N) is 2. The summed E-state index contributed by atoms with van der Waals surface area (Å²) in [7, 11) is 1.57. The van der Waals surface area contributed by atoms with Crippen molar-refractivity contribution in [3.63, 3.8) is 0 Å². The van der Waals surface area contributed by atoms with Crippen LogP contribution in [0.2, 0.25) is 0 Å². The van der Waals surface area contributed by atoms with E-state index in [0.29, 0.717) is 21.3 Å². The van der Waals surface area contributed by atoms with Gasteiger partial charge in [-0.15, -0.1) is 10.2 Å². The van der Waals surface area contributed by atoms with Crippen LogP contribution < -0.4 is 15.4 Å². The molecule has 0 saturated heterocycles. The Balaban J connectivity index is 1.55. The first kappa shape index (κ1) is 19.1. The van der Waals surface area contributed by atoms with Crippen molar-refractivity contribution in [2.45, 2.75) is 4.34 Å². The van der Waals surface area contributed by atoms with Crippen LogP contribution in [0.5, 0.6) is 5.75 Å². The lowest BCUT2D eigenvalue weighted by atomic mass is 10.3. The number of para-hydroxylation sites is 2. The van der Waals surface area contributed by atoms with Gasteiger partial charge < -0.3 is 15.4 Å². The van der Waals surface area contributed by atoms with Crippen LogP contribution >= 0.6 is 23.1 Å². The van der Waals surface area contributed by atoms with E-state index in [2.05, 4.69) is 20.8 Å². The molecular formula is C17H14F2N4O2S2. The summed E-state index contributed by atoms with van der Waals surface area (Å²) in [4.78, 5) is 11.9. The molecule has 3 aromatic rings. The highest BCUT2D eigenvalue weighted by atomic mass is 32.2. The summed E-state index contributed by atoms with van der Waals surface area (Å²) < 4.78 is 32.3. The van der Waals surface area contributed by atoms with Gasteiger partial charge in [-0.3, -0.25) is 4.79 Å². The molecule has 2 N–H and O–H groups in total. The summed E-state index contributed by atoms with van der Waals surface area (Å²) in [6, 6.07) is 10.3. The summed E-state index contributed by atoms with van der Waals surface area (Å²) in [6.07, 6.45) is 0. The molecule has 0 unspecified atom stereocenters. The zero-order chi connectivity index (χ0) is 19.2. The van der Waals surface area contributed by atoms with E-state index in [1.807, 2.05) is 24.3 Å². The fourth-order valence-electron chi connectivity index (χ4n) is 2.09.